The van der Waals surface area contributed by atoms with Crippen molar-refractivity contribution in [3.63, 3.8) is 0 Å². The molecule has 2 rings (SSSR count). The number of carbonyl (C=O) groups is 1. The third-order valence-corrected chi connectivity index (χ3v) is 4.61. The highest BCUT2D eigenvalue weighted by atomic mass is 32.2. The van der Waals surface area contributed by atoms with Gasteiger partial charge in [-0.1, -0.05) is 38.8 Å². The van der Waals surface area contributed by atoms with Crippen molar-refractivity contribution >= 4 is 17.9 Å². The van der Waals surface area contributed by atoms with Crippen LogP contribution in [0.5, 0.6) is 0 Å². The van der Waals surface area contributed by atoms with E-state index in [1.165, 1.54) is 0 Å². The normalized spacial score (nSPS) is 23.3. The minimum atomic E-state index is -0.0678. The number of hydrogen-bond acceptors (Lipinski definition) is 5. The summed E-state index contributed by atoms with van der Waals surface area (Å²) in [6.07, 6.45) is 4.53. The molecule has 1 unspecified atom stereocenters. The molecular weight excluding hydrogens is 286 g/mol. The zero-order valence-corrected chi connectivity index (χ0v) is 14.2. The van der Waals surface area contributed by atoms with Gasteiger partial charge in [-0.15, -0.1) is 0 Å². The quantitative estimate of drug-likeness (QED) is 0.764. The standard InChI is InChI=1S/C13H21N3O2S.C2H6/c1-9-3-4-10(14)12(17)11(9)13(18)15-5-7-16(19-2)8-6-15;1-2/h4,9,17H,3,5-8,14H2,1-2H3;1-2H3. The highest BCUT2D eigenvalue weighted by Gasteiger charge is 2.30. The first-order chi connectivity index (χ1) is 10.0. The van der Waals surface area contributed by atoms with E-state index < -0.39 is 0 Å². The Labute approximate surface area is 132 Å². The molecule has 1 aliphatic carbocycles. The molecule has 0 spiro atoms. The van der Waals surface area contributed by atoms with Crippen molar-refractivity contribution in [1.29, 1.82) is 0 Å². The summed E-state index contributed by atoms with van der Waals surface area (Å²) in [5.41, 5.74) is 6.51. The molecule has 0 saturated carbocycles. The number of allylic oxidation sites excluding steroid dienone is 1. The fraction of sp³-hybridized carbons (Fsp3) is 0.667. The topological polar surface area (TPSA) is 69.8 Å². The van der Waals surface area contributed by atoms with Gasteiger partial charge in [0, 0.05) is 26.2 Å². The molecule has 1 amide bonds. The van der Waals surface area contributed by atoms with Gasteiger partial charge in [0.2, 0.25) is 0 Å². The predicted octanol–water partition coefficient (Wildman–Crippen LogP) is 2.13. The molecular formula is C15H27N3O2S. The molecule has 1 atom stereocenters. The van der Waals surface area contributed by atoms with Crippen molar-refractivity contribution < 1.29 is 9.90 Å². The summed E-state index contributed by atoms with van der Waals surface area (Å²) in [6.45, 7) is 9.07. The molecule has 0 bridgehead atoms. The highest BCUT2D eigenvalue weighted by Crippen LogP contribution is 2.28. The molecule has 5 nitrogen and oxygen atoms in total. The van der Waals surface area contributed by atoms with E-state index in [1.54, 1.807) is 18.0 Å². The molecule has 120 valence electrons. The van der Waals surface area contributed by atoms with E-state index in [0.29, 0.717) is 30.8 Å². The van der Waals surface area contributed by atoms with Gasteiger partial charge in [-0.2, -0.15) is 0 Å². The minimum Gasteiger partial charge on any atom is -0.505 e. The number of aliphatic hydroxyl groups excluding tert-OH is 1. The average molecular weight is 313 g/mol. The summed E-state index contributed by atoms with van der Waals surface area (Å²) < 4.78 is 2.23. The lowest BCUT2D eigenvalue weighted by molar-refractivity contribution is -0.129. The van der Waals surface area contributed by atoms with E-state index in [9.17, 15) is 9.90 Å². The van der Waals surface area contributed by atoms with Gasteiger partial charge >= 0.3 is 0 Å². The number of aliphatic hydroxyl groups is 1. The van der Waals surface area contributed by atoms with Gasteiger partial charge in [0.15, 0.2) is 0 Å². The van der Waals surface area contributed by atoms with Gasteiger partial charge < -0.3 is 15.7 Å². The van der Waals surface area contributed by atoms with E-state index in [1.807, 2.05) is 31.9 Å². The molecule has 1 heterocycles. The largest absolute Gasteiger partial charge is 0.505 e. The summed E-state index contributed by atoms with van der Waals surface area (Å²) in [7, 11) is 0. The molecule has 6 heteroatoms. The molecule has 21 heavy (non-hydrogen) atoms. The van der Waals surface area contributed by atoms with Gasteiger partial charge in [-0.05, 0) is 18.6 Å². The first-order valence-electron chi connectivity index (χ1n) is 7.52. The Bertz CT molecular complexity index is 427. The Morgan fingerprint density at radius 2 is 1.90 bits per heavy atom. The zero-order valence-electron chi connectivity index (χ0n) is 13.4. The van der Waals surface area contributed by atoms with Crippen LogP contribution >= 0.6 is 11.9 Å². The predicted molar refractivity (Wildman–Crippen MR) is 88.7 cm³/mol. The van der Waals surface area contributed by atoms with Crippen LogP contribution in [-0.4, -0.2) is 52.7 Å². The van der Waals surface area contributed by atoms with Crippen LogP contribution in [0.25, 0.3) is 0 Å². The molecule has 0 aromatic rings. The van der Waals surface area contributed by atoms with Crippen molar-refractivity contribution in [2.24, 2.45) is 11.7 Å². The maximum Gasteiger partial charge on any atom is 0.253 e. The van der Waals surface area contributed by atoms with Gasteiger partial charge in [0.1, 0.15) is 5.76 Å². The molecule has 1 fully saturated rings. The Kier molecular flexibility index (Phi) is 7.11. The number of rotatable bonds is 2. The smallest absolute Gasteiger partial charge is 0.253 e. The first kappa shape index (κ1) is 17.9. The number of amides is 1. The van der Waals surface area contributed by atoms with E-state index >= 15 is 0 Å². The molecule has 2 aliphatic rings. The summed E-state index contributed by atoms with van der Waals surface area (Å²) in [4.78, 5) is 14.3. The lowest BCUT2D eigenvalue weighted by Crippen LogP contribution is -2.47. The molecule has 1 saturated heterocycles. The van der Waals surface area contributed by atoms with Crippen LogP contribution < -0.4 is 5.73 Å². The van der Waals surface area contributed by atoms with Crippen molar-refractivity contribution in [2.75, 3.05) is 32.4 Å². The van der Waals surface area contributed by atoms with E-state index in [2.05, 4.69) is 4.31 Å². The second kappa shape index (κ2) is 8.34. The van der Waals surface area contributed by atoms with Crippen LogP contribution in [-0.2, 0) is 4.79 Å². The maximum atomic E-state index is 12.5. The van der Waals surface area contributed by atoms with E-state index in [-0.39, 0.29) is 17.6 Å². The number of piperazine rings is 1. The third-order valence-electron chi connectivity index (χ3n) is 3.73. The first-order valence-corrected chi connectivity index (χ1v) is 8.70. The maximum absolute atomic E-state index is 12.5. The number of nitrogens with two attached hydrogens (primary N) is 1. The molecule has 0 aromatic carbocycles. The molecule has 0 radical (unpaired) electrons. The second-order valence-corrected chi connectivity index (χ2v) is 5.84. The monoisotopic (exact) mass is 313 g/mol. The van der Waals surface area contributed by atoms with Gasteiger partial charge in [-0.25, -0.2) is 4.31 Å². The van der Waals surface area contributed by atoms with Crippen molar-refractivity contribution in [2.45, 2.75) is 27.2 Å². The Balaban J connectivity index is 0.00000106. The Morgan fingerprint density at radius 1 is 1.33 bits per heavy atom. The molecule has 3 N–H and O–H groups in total. The average Bonchev–Trinajstić information content (AvgIpc) is 2.53. The van der Waals surface area contributed by atoms with Crippen molar-refractivity contribution in [1.82, 2.24) is 9.21 Å². The minimum absolute atomic E-state index is 0.0263. The number of carbonyl (C=O) groups excluding carboxylic acids is 1. The molecule has 1 aliphatic heterocycles. The van der Waals surface area contributed by atoms with E-state index in [4.69, 9.17) is 5.73 Å². The number of nitrogens with zero attached hydrogens (tertiary/aromatic N) is 2. The second-order valence-electron chi connectivity index (χ2n) is 4.96. The lowest BCUT2D eigenvalue weighted by atomic mass is 9.89. The molecule has 0 aromatic heterocycles. The van der Waals surface area contributed by atoms with Crippen LogP contribution in [0.15, 0.2) is 23.1 Å². The zero-order chi connectivity index (χ0) is 16.0. The highest BCUT2D eigenvalue weighted by molar-refractivity contribution is 7.96. The van der Waals surface area contributed by atoms with E-state index in [0.717, 1.165) is 13.1 Å². The van der Waals surface area contributed by atoms with Crippen LogP contribution in [0.2, 0.25) is 0 Å². The summed E-state index contributed by atoms with van der Waals surface area (Å²) in [5, 5.41) is 10.0. The van der Waals surface area contributed by atoms with Crippen molar-refractivity contribution in [3.05, 3.63) is 23.1 Å². The summed E-state index contributed by atoms with van der Waals surface area (Å²) >= 11 is 1.70. The van der Waals surface area contributed by atoms with Gasteiger partial charge in [-0.3, -0.25) is 4.79 Å². The third kappa shape index (κ3) is 4.17. The van der Waals surface area contributed by atoms with Crippen molar-refractivity contribution in [3.8, 4) is 0 Å². The van der Waals surface area contributed by atoms with Crippen LogP contribution in [0, 0.1) is 5.92 Å². The van der Waals surface area contributed by atoms with Crippen LogP contribution in [0.3, 0.4) is 0 Å². The Morgan fingerprint density at radius 3 is 2.43 bits per heavy atom. The Hall–Kier alpha value is -1.14. The van der Waals surface area contributed by atoms with Gasteiger partial charge in [0.05, 0.1) is 11.3 Å². The summed E-state index contributed by atoms with van der Waals surface area (Å²) in [6, 6.07) is 0. The lowest BCUT2D eigenvalue weighted by Gasteiger charge is -2.35. The fourth-order valence-electron chi connectivity index (χ4n) is 2.46. The van der Waals surface area contributed by atoms with Gasteiger partial charge in [0.25, 0.3) is 5.91 Å². The fourth-order valence-corrected chi connectivity index (χ4v) is 2.99. The number of hydrogen-bond donors (Lipinski definition) is 2. The summed E-state index contributed by atoms with van der Waals surface area (Å²) in [5.74, 6) is -0.0729. The van der Waals surface area contributed by atoms with Crippen LogP contribution in [0.4, 0.5) is 0 Å². The van der Waals surface area contributed by atoms with Crippen LogP contribution in [0.1, 0.15) is 27.2 Å². The SMILES string of the molecule is CC.CSN1CCN(C(=O)C2=C(O)C(N)=CCC2C)CC1.